The summed E-state index contributed by atoms with van der Waals surface area (Å²) in [6, 6.07) is 8.42. The van der Waals surface area contributed by atoms with Crippen LogP contribution in [0, 0.1) is 0 Å². The Labute approximate surface area is 118 Å². The standard InChI is InChI=1S/C14H21N3OS/c1-2-19-13-5-3-12(4-6-13)11-16-14(18)17-9-7-15-8-10-17/h3-6,15H,2,7-11H2,1H3,(H,16,18). The van der Waals surface area contributed by atoms with Crippen molar-refractivity contribution in [2.24, 2.45) is 0 Å². The highest BCUT2D eigenvalue weighted by molar-refractivity contribution is 7.99. The summed E-state index contributed by atoms with van der Waals surface area (Å²) in [4.78, 5) is 15.1. The maximum Gasteiger partial charge on any atom is 0.317 e. The minimum atomic E-state index is 0.0357. The third kappa shape index (κ3) is 4.44. The maximum absolute atomic E-state index is 11.9. The molecule has 1 aromatic carbocycles. The lowest BCUT2D eigenvalue weighted by Gasteiger charge is -2.27. The van der Waals surface area contributed by atoms with Crippen molar-refractivity contribution in [1.29, 1.82) is 0 Å². The van der Waals surface area contributed by atoms with E-state index in [4.69, 9.17) is 0 Å². The molecular formula is C14H21N3OS. The monoisotopic (exact) mass is 279 g/mol. The first-order valence-corrected chi connectivity index (χ1v) is 7.73. The van der Waals surface area contributed by atoms with Gasteiger partial charge in [-0.05, 0) is 23.4 Å². The van der Waals surface area contributed by atoms with Crippen LogP contribution < -0.4 is 10.6 Å². The largest absolute Gasteiger partial charge is 0.334 e. The summed E-state index contributed by atoms with van der Waals surface area (Å²) in [5, 5.41) is 6.21. The molecule has 1 aliphatic heterocycles. The predicted molar refractivity (Wildman–Crippen MR) is 79.5 cm³/mol. The van der Waals surface area contributed by atoms with E-state index in [0.29, 0.717) is 6.54 Å². The molecule has 0 unspecified atom stereocenters. The molecule has 2 amide bonds. The molecule has 0 spiro atoms. The molecule has 0 saturated carbocycles. The Bertz CT molecular complexity index is 402. The molecule has 104 valence electrons. The normalized spacial score (nSPS) is 15.3. The van der Waals surface area contributed by atoms with E-state index >= 15 is 0 Å². The summed E-state index contributed by atoms with van der Waals surface area (Å²) in [6.45, 7) is 6.09. The first-order chi connectivity index (χ1) is 9.29. The smallest absolute Gasteiger partial charge is 0.317 e. The van der Waals surface area contributed by atoms with Gasteiger partial charge in [-0.3, -0.25) is 0 Å². The van der Waals surface area contributed by atoms with Gasteiger partial charge in [0.1, 0.15) is 0 Å². The Hall–Kier alpha value is -1.20. The van der Waals surface area contributed by atoms with Gasteiger partial charge in [0.2, 0.25) is 0 Å². The van der Waals surface area contributed by atoms with Crippen molar-refractivity contribution in [3.63, 3.8) is 0 Å². The Kier molecular flexibility index (Phi) is 5.54. The summed E-state index contributed by atoms with van der Waals surface area (Å²) < 4.78 is 0. The molecule has 0 aromatic heterocycles. The number of piperazine rings is 1. The average molecular weight is 279 g/mol. The second kappa shape index (κ2) is 7.40. The number of nitrogens with one attached hydrogen (secondary N) is 2. The maximum atomic E-state index is 11.9. The van der Waals surface area contributed by atoms with Crippen LogP contribution in [0.15, 0.2) is 29.2 Å². The Morgan fingerprint density at radius 3 is 2.63 bits per heavy atom. The van der Waals surface area contributed by atoms with Gasteiger partial charge < -0.3 is 15.5 Å². The van der Waals surface area contributed by atoms with E-state index in [9.17, 15) is 4.79 Å². The van der Waals surface area contributed by atoms with Crippen LogP contribution in [0.1, 0.15) is 12.5 Å². The minimum absolute atomic E-state index is 0.0357. The fourth-order valence-electron chi connectivity index (χ4n) is 2.03. The van der Waals surface area contributed by atoms with Gasteiger partial charge in [-0.15, -0.1) is 11.8 Å². The summed E-state index contributed by atoms with van der Waals surface area (Å²) in [5.41, 5.74) is 1.14. The number of benzene rings is 1. The third-order valence-electron chi connectivity index (χ3n) is 3.08. The number of carbonyl (C=O) groups excluding carboxylic acids is 1. The van der Waals surface area contributed by atoms with Crippen molar-refractivity contribution in [3.8, 4) is 0 Å². The molecule has 1 heterocycles. The molecule has 1 aromatic rings. The van der Waals surface area contributed by atoms with E-state index < -0.39 is 0 Å². The first-order valence-electron chi connectivity index (χ1n) is 6.75. The second-order valence-corrected chi connectivity index (χ2v) is 5.81. The van der Waals surface area contributed by atoms with E-state index in [0.717, 1.165) is 37.5 Å². The van der Waals surface area contributed by atoms with Gasteiger partial charge >= 0.3 is 6.03 Å². The summed E-state index contributed by atoms with van der Waals surface area (Å²) in [7, 11) is 0. The second-order valence-electron chi connectivity index (χ2n) is 4.47. The van der Waals surface area contributed by atoms with Crippen molar-refractivity contribution >= 4 is 17.8 Å². The highest BCUT2D eigenvalue weighted by Gasteiger charge is 2.15. The van der Waals surface area contributed by atoms with Crippen molar-refractivity contribution < 1.29 is 4.79 Å². The number of carbonyl (C=O) groups is 1. The molecular weight excluding hydrogens is 258 g/mol. The Balaban J connectivity index is 1.79. The quantitative estimate of drug-likeness (QED) is 0.828. The molecule has 2 rings (SSSR count). The van der Waals surface area contributed by atoms with Crippen molar-refractivity contribution in [2.45, 2.75) is 18.4 Å². The molecule has 4 nitrogen and oxygen atoms in total. The van der Waals surface area contributed by atoms with Crippen molar-refractivity contribution in [1.82, 2.24) is 15.5 Å². The minimum Gasteiger partial charge on any atom is -0.334 e. The lowest BCUT2D eigenvalue weighted by atomic mass is 10.2. The van der Waals surface area contributed by atoms with Crippen LogP contribution in [0.4, 0.5) is 4.79 Å². The number of urea groups is 1. The molecule has 0 bridgehead atoms. The zero-order chi connectivity index (χ0) is 13.5. The van der Waals surface area contributed by atoms with Gasteiger partial charge in [0.05, 0.1) is 0 Å². The molecule has 5 heteroatoms. The van der Waals surface area contributed by atoms with Crippen LogP contribution in [-0.2, 0) is 6.54 Å². The van der Waals surface area contributed by atoms with Crippen LogP contribution in [0.5, 0.6) is 0 Å². The number of hydrogen-bond acceptors (Lipinski definition) is 3. The first kappa shape index (κ1) is 14.2. The Morgan fingerprint density at radius 2 is 2.00 bits per heavy atom. The van der Waals surface area contributed by atoms with Gasteiger partial charge in [0, 0.05) is 37.6 Å². The number of thioether (sulfide) groups is 1. The third-order valence-corrected chi connectivity index (χ3v) is 3.98. The molecule has 2 N–H and O–H groups in total. The van der Waals surface area contributed by atoms with Crippen LogP contribution in [0.2, 0.25) is 0 Å². The highest BCUT2D eigenvalue weighted by atomic mass is 32.2. The summed E-state index contributed by atoms with van der Waals surface area (Å²) >= 11 is 1.83. The average Bonchev–Trinajstić information content (AvgIpc) is 2.47. The van der Waals surface area contributed by atoms with Gasteiger partial charge in [-0.25, -0.2) is 4.79 Å². The predicted octanol–water partition coefficient (Wildman–Crippen LogP) is 1.91. The SMILES string of the molecule is CCSc1ccc(CNC(=O)N2CCNCC2)cc1. The fourth-order valence-corrected chi connectivity index (χ4v) is 2.69. The highest BCUT2D eigenvalue weighted by Crippen LogP contribution is 2.17. The van der Waals surface area contributed by atoms with Crippen molar-refractivity contribution in [3.05, 3.63) is 29.8 Å². The van der Waals surface area contributed by atoms with Crippen LogP contribution in [0.25, 0.3) is 0 Å². The zero-order valence-corrected chi connectivity index (χ0v) is 12.1. The molecule has 1 fully saturated rings. The van der Waals surface area contributed by atoms with Gasteiger partial charge in [-0.2, -0.15) is 0 Å². The Morgan fingerprint density at radius 1 is 1.32 bits per heavy atom. The number of rotatable bonds is 4. The number of hydrogen-bond donors (Lipinski definition) is 2. The summed E-state index contributed by atoms with van der Waals surface area (Å²) in [5.74, 6) is 1.08. The molecule has 1 aliphatic rings. The van der Waals surface area contributed by atoms with Crippen LogP contribution >= 0.6 is 11.8 Å². The molecule has 0 atom stereocenters. The van der Waals surface area contributed by atoms with E-state index in [1.54, 1.807) is 0 Å². The van der Waals surface area contributed by atoms with Gasteiger partial charge in [-0.1, -0.05) is 19.1 Å². The van der Waals surface area contributed by atoms with E-state index in [1.807, 2.05) is 16.7 Å². The van der Waals surface area contributed by atoms with Gasteiger partial charge in [0.25, 0.3) is 0 Å². The molecule has 0 radical (unpaired) electrons. The number of nitrogens with zero attached hydrogens (tertiary/aromatic N) is 1. The van der Waals surface area contributed by atoms with Crippen LogP contribution in [0.3, 0.4) is 0 Å². The van der Waals surface area contributed by atoms with E-state index in [1.165, 1.54) is 4.90 Å². The zero-order valence-electron chi connectivity index (χ0n) is 11.3. The molecule has 1 saturated heterocycles. The molecule has 0 aliphatic carbocycles. The van der Waals surface area contributed by atoms with E-state index in [-0.39, 0.29) is 6.03 Å². The van der Waals surface area contributed by atoms with Crippen molar-refractivity contribution in [2.75, 3.05) is 31.9 Å². The van der Waals surface area contributed by atoms with Gasteiger partial charge in [0.15, 0.2) is 0 Å². The van der Waals surface area contributed by atoms with Crippen LogP contribution in [-0.4, -0.2) is 42.9 Å². The summed E-state index contributed by atoms with van der Waals surface area (Å²) in [6.07, 6.45) is 0. The lowest BCUT2D eigenvalue weighted by molar-refractivity contribution is 0.190. The fraction of sp³-hybridized carbons (Fsp3) is 0.500. The van der Waals surface area contributed by atoms with E-state index in [2.05, 4.69) is 41.8 Å². The topological polar surface area (TPSA) is 44.4 Å². The number of amides is 2. The lowest BCUT2D eigenvalue weighted by Crippen LogP contribution is -2.50. The molecule has 19 heavy (non-hydrogen) atoms.